The van der Waals surface area contributed by atoms with Crippen LogP contribution >= 0.6 is 0 Å². The Balaban J connectivity index is 2.35. The van der Waals surface area contributed by atoms with Crippen molar-refractivity contribution < 1.29 is 9.53 Å². The molecule has 0 aromatic heterocycles. The first-order valence-electron chi connectivity index (χ1n) is 6.11. The summed E-state index contributed by atoms with van der Waals surface area (Å²) in [6, 6.07) is 7.40. The summed E-state index contributed by atoms with van der Waals surface area (Å²) in [6.45, 7) is 0.434. The topological polar surface area (TPSA) is 52.3 Å². The van der Waals surface area contributed by atoms with Gasteiger partial charge in [0.05, 0.1) is 12.7 Å². The number of ketones is 1. The van der Waals surface area contributed by atoms with Crippen LogP contribution in [0.3, 0.4) is 0 Å². The lowest BCUT2D eigenvalue weighted by Crippen LogP contribution is -2.36. The summed E-state index contributed by atoms with van der Waals surface area (Å²) in [6.07, 6.45) is 4.00. The molecule has 1 saturated carbocycles. The fraction of sp³-hybridized carbons (Fsp3) is 0.500. The summed E-state index contributed by atoms with van der Waals surface area (Å²) in [7, 11) is 1.59. The monoisotopic (exact) mass is 233 g/mol. The van der Waals surface area contributed by atoms with Crippen molar-refractivity contribution >= 4 is 5.78 Å². The number of rotatable bonds is 4. The third kappa shape index (κ3) is 2.07. The average molecular weight is 233 g/mol. The number of carbonyl (C=O) groups is 1. The Morgan fingerprint density at radius 2 is 2.00 bits per heavy atom. The average Bonchev–Trinajstić information content (AvgIpc) is 2.88. The molecule has 0 unspecified atom stereocenters. The number of methoxy groups -OCH3 is 1. The Labute approximate surface area is 102 Å². The minimum Gasteiger partial charge on any atom is -0.496 e. The molecule has 92 valence electrons. The van der Waals surface area contributed by atoms with Crippen LogP contribution in [0, 0.1) is 5.41 Å². The zero-order valence-corrected chi connectivity index (χ0v) is 10.2. The number of Topliss-reactive ketones (excluding diaryl/α,β-unsaturated/α-hetero) is 1. The van der Waals surface area contributed by atoms with Crippen molar-refractivity contribution in [3.63, 3.8) is 0 Å². The third-order valence-electron chi connectivity index (χ3n) is 3.78. The molecule has 0 radical (unpaired) electrons. The van der Waals surface area contributed by atoms with E-state index in [9.17, 15) is 4.79 Å². The third-order valence-corrected chi connectivity index (χ3v) is 3.78. The molecule has 0 aliphatic heterocycles. The maximum atomic E-state index is 12.6. The minimum absolute atomic E-state index is 0.148. The molecule has 2 N–H and O–H groups in total. The van der Waals surface area contributed by atoms with Gasteiger partial charge >= 0.3 is 0 Å². The predicted octanol–water partition coefficient (Wildman–Crippen LogP) is 2.40. The molecule has 3 heteroatoms. The number of benzene rings is 1. The van der Waals surface area contributed by atoms with E-state index < -0.39 is 0 Å². The summed E-state index contributed by atoms with van der Waals surface area (Å²) in [5.74, 6) is 0.798. The van der Waals surface area contributed by atoms with Crippen LogP contribution in [0.25, 0.3) is 0 Å². The molecule has 0 spiro atoms. The van der Waals surface area contributed by atoms with E-state index in [-0.39, 0.29) is 11.2 Å². The van der Waals surface area contributed by atoms with Gasteiger partial charge in [0.1, 0.15) is 5.75 Å². The zero-order chi connectivity index (χ0) is 12.3. The van der Waals surface area contributed by atoms with E-state index in [4.69, 9.17) is 10.5 Å². The molecule has 1 aliphatic rings. The molecule has 0 heterocycles. The summed E-state index contributed by atoms with van der Waals surface area (Å²) in [5.41, 5.74) is 6.15. The van der Waals surface area contributed by atoms with Gasteiger partial charge in [0, 0.05) is 12.0 Å². The van der Waals surface area contributed by atoms with Gasteiger partial charge in [-0.2, -0.15) is 0 Å². The number of hydrogen-bond acceptors (Lipinski definition) is 3. The van der Waals surface area contributed by atoms with Crippen LogP contribution in [0.1, 0.15) is 36.0 Å². The molecule has 0 amide bonds. The largest absolute Gasteiger partial charge is 0.496 e. The van der Waals surface area contributed by atoms with Crippen LogP contribution in [0.15, 0.2) is 24.3 Å². The molecular weight excluding hydrogens is 214 g/mol. The van der Waals surface area contributed by atoms with Gasteiger partial charge in [-0.3, -0.25) is 4.79 Å². The molecule has 1 aromatic carbocycles. The van der Waals surface area contributed by atoms with Crippen molar-refractivity contribution in [2.24, 2.45) is 11.1 Å². The number of hydrogen-bond donors (Lipinski definition) is 1. The highest BCUT2D eigenvalue weighted by Crippen LogP contribution is 2.41. The Hall–Kier alpha value is -1.35. The van der Waals surface area contributed by atoms with E-state index >= 15 is 0 Å². The van der Waals surface area contributed by atoms with Gasteiger partial charge in [-0.05, 0) is 25.0 Å². The van der Waals surface area contributed by atoms with E-state index in [0.29, 0.717) is 17.9 Å². The lowest BCUT2D eigenvalue weighted by molar-refractivity contribution is 0.0806. The van der Waals surface area contributed by atoms with Gasteiger partial charge in [0.25, 0.3) is 0 Å². The van der Waals surface area contributed by atoms with Crippen molar-refractivity contribution in [2.75, 3.05) is 13.7 Å². The van der Waals surface area contributed by atoms with Gasteiger partial charge in [-0.25, -0.2) is 0 Å². The van der Waals surface area contributed by atoms with E-state index in [1.54, 1.807) is 7.11 Å². The Morgan fingerprint density at radius 3 is 2.59 bits per heavy atom. The van der Waals surface area contributed by atoms with Crippen LogP contribution in [0.5, 0.6) is 5.75 Å². The van der Waals surface area contributed by atoms with Crippen LogP contribution in [-0.4, -0.2) is 19.4 Å². The standard InChI is InChI=1S/C14H19NO2/c1-17-12-7-3-2-6-11(12)13(16)14(10-15)8-4-5-9-14/h2-3,6-7H,4-5,8-10,15H2,1H3. The molecule has 3 nitrogen and oxygen atoms in total. The molecular formula is C14H19NO2. The van der Waals surface area contributed by atoms with Crippen LogP contribution < -0.4 is 10.5 Å². The highest BCUT2D eigenvalue weighted by atomic mass is 16.5. The van der Waals surface area contributed by atoms with Crippen LogP contribution in [0.2, 0.25) is 0 Å². The van der Waals surface area contributed by atoms with E-state index in [1.807, 2.05) is 24.3 Å². The van der Waals surface area contributed by atoms with E-state index in [0.717, 1.165) is 25.7 Å². The summed E-state index contributed by atoms with van der Waals surface area (Å²) in [4.78, 5) is 12.6. The Bertz CT molecular complexity index is 408. The number of nitrogens with two attached hydrogens (primary N) is 1. The van der Waals surface area contributed by atoms with Gasteiger partial charge in [-0.15, -0.1) is 0 Å². The van der Waals surface area contributed by atoms with Gasteiger partial charge in [0.2, 0.25) is 0 Å². The summed E-state index contributed by atoms with van der Waals surface area (Å²) in [5, 5.41) is 0. The predicted molar refractivity (Wildman–Crippen MR) is 67.3 cm³/mol. The zero-order valence-electron chi connectivity index (χ0n) is 10.2. The van der Waals surface area contributed by atoms with Crippen molar-refractivity contribution in [3.8, 4) is 5.75 Å². The number of ether oxygens (including phenoxy) is 1. The molecule has 1 aliphatic carbocycles. The first kappa shape index (κ1) is 12.1. The molecule has 17 heavy (non-hydrogen) atoms. The second-order valence-corrected chi connectivity index (χ2v) is 4.72. The maximum Gasteiger partial charge on any atom is 0.173 e. The lowest BCUT2D eigenvalue weighted by atomic mass is 9.78. The summed E-state index contributed by atoms with van der Waals surface area (Å²) < 4.78 is 5.25. The Morgan fingerprint density at radius 1 is 1.35 bits per heavy atom. The van der Waals surface area contributed by atoms with Crippen molar-refractivity contribution in [1.82, 2.24) is 0 Å². The Kier molecular flexibility index (Phi) is 3.48. The van der Waals surface area contributed by atoms with E-state index in [2.05, 4.69) is 0 Å². The van der Waals surface area contributed by atoms with Crippen LogP contribution in [0.4, 0.5) is 0 Å². The molecule has 0 saturated heterocycles. The summed E-state index contributed by atoms with van der Waals surface area (Å²) >= 11 is 0. The van der Waals surface area contributed by atoms with Gasteiger partial charge < -0.3 is 10.5 Å². The number of carbonyl (C=O) groups excluding carboxylic acids is 1. The first-order chi connectivity index (χ1) is 8.23. The second kappa shape index (κ2) is 4.88. The van der Waals surface area contributed by atoms with Gasteiger partial charge in [-0.1, -0.05) is 25.0 Å². The van der Waals surface area contributed by atoms with Crippen molar-refractivity contribution in [2.45, 2.75) is 25.7 Å². The second-order valence-electron chi connectivity index (χ2n) is 4.72. The fourth-order valence-electron chi connectivity index (χ4n) is 2.69. The molecule has 0 bridgehead atoms. The van der Waals surface area contributed by atoms with E-state index in [1.165, 1.54) is 0 Å². The molecule has 1 fully saturated rings. The van der Waals surface area contributed by atoms with Gasteiger partial charge in [0.15, 0.2) is 5.78 Å². The quantitative estimate of drug-likeness (QED) is 0.812. The highest BCUT2D eigenvalue weighted by molar-refractivity contribution is 6.03. The first-order valence-corrected chi connectivity index (χ1v) is 6.11. The fourth-order valence-corrected chi connectivity index (χ4v) is 2.69. The number of para-hydroxylation sites is 1. The molecule has 0 atom stereocenters. The molecule has 1 aromatic rings. The maximum absolute atomic E-state index is 12.6. The SMILES string of the molecule is COc1ccccc1C(=O)C1(CN)CCCC1. The molecule has 2 rings (SSSR count). The smallest absolute Gasteiger partial charge is 0.173 e. The normalized spacial score (nSPS) is 18.0. The lowest BCUT2D eigenvalue weighted by Gasteiger charge is -2.26. The van der Waals surface area contributed by atoms with Crippen LogP contribution in [-0.2, 0) is 0 Å². The van der Waals surface area contributed by atoms with Crippen molar-refractivity contribution in [1.29, 1.82) is 0 Å². The van der Waals surface area contributed by atoms with Crippen molar-refractivity contribution in [3.05, 3.63) is 29.8 Å². The highest BCUT2D eigenvalue weighted by Gasteiger charge is 2.40. The minimum atomic E-state index is -0.353.